The van der Waals surface area contributed by atoms with Gasteiger partial charge in [0.1, 0.15) is 0 Å². The van der Waals surface area contributed by atoms with Gasteiger partial charge in [-0.05, 0) is 24.6 Å². The normalized spacial score (nSPS) is 11.1. The third-order valence-corrected chi connectivity index (χ3v) is 3.16. The molecule has 0 spiro atoms. The van der Waals surface area contributed by atoms with Crippen molar-refractivity contribution in [1.29, 1.82) is 0 Å². The van der Waals surface area contributed by atoms with E-state index in [0.717, 1.165) is 24.3 Å². The van der Waals surface area contributed by atoms with E-state index in [2.05, 4.69) is 26.8 Å². The summed E-state index contributed by atoms with van der Waals surface area (Å²) in [6, 6.07) is 5.53. The van der Waals surface area contributed by atoms with Crippen LogP contribution in [0.1, 0.15) is 19.0 Å². The summed E-state index contributed by atoms with van der Waals surface area (Å²) < 4.78 is 7.10. The lowest BCUT2D eigenvalue weighted by Gasteiger charge is -2.09. The summed E-state index contributed by atoms with van der Waals surface area (Å²) in [6.07, 6.45) is 4.78. The summed E-state index contributed by atoms with van der Waals surface area (Å²) in [6.45, 7) is 3.79. The average molecular weight is 272 g/mol. The highest BCUT2D eigenvalue weighted by Gasteiger charge is 2.04. The van der Waals surface area contributed by atoms with Crippen LogP contribution in [0, 0.1) is 0 Å². The molecule has 2 aromatic heterocycles. The Morgan fingerprint density at radius 3 is 3.20 bits per heavy atom. The number of imidazole rings is 1. The first-order chi connectivity index (χ1) is 9.76. The fraction of sp³-hybridized carbons (Fsp3) is 0.286. The third-order valence-electron chi connectivity index (χ3n) is 3.16. The molecule has 0 saturated heterocycles. The van der Waals surface area contributed by atoms with E-state index in [1.807, 2.05) is 24.7 Å². The van der Waals surface area contributed by atoms with Crippen molar-refractivity contribution in [2.24, 2.45) is 0 Å². The van der Waals surface area contributed by atoms with Crippen molar-refractivity contribution in [3.8, 4) is 0 Å². The number of aromatic amines is 1. The minimum absolute atomic E-state index is 0.432. The Morgan fingerprint density at radius 1 is 1.45 bits per heavy atom. The number of fused-ring (bicyclic) bond motifs is 1. The van der Waals surface area contributed by atoms with Gasteiger partial charge in [0.2, 0.25) is 0 Å². The maximum absolute atomic E-state index is 11.1. The largest absolute Gasteiger partial charge is 0.417 e. The van der Waals surface area contributed by atoms with Crippen LogP contribution in [-0.4, -0.2) is 14.5 Å². The standard InChI is InChI=1S/C14H16N4O2/c1-2-5-18-9-15-7-11(18)8-16-10-3-4-13-12(6-10)17-14(19)20-13/h3-4,6-7,9,16H,2,5,8H2,1H3,(H,17,19). The predicted molar refractivity (Wildman–Crippen MR) is 76.7 cm³/mol. The zero-order valence-electron chi connectivity index (χ0n) is 11.2. The van der Waals surface area contributed by atoms with Gasteiger partial charge in [-0.1, -0.05) is 6.92 Å². The van der Waals surface area contributed by atoms with Gasteiger partial charge in [0.15, 0.2) is 5.58 Å². The highest BCUT2D eigenvalue weighted by molar-refractivity contribution is 5.76. The van der Waals surface area contributed by atoms with Crippen LogP contribution in [0.4, 0.5) is 5.69 Å². The number of oxazole rings is 1. The number of benzene rings is 1. The molecule has 2 N–H and O–H groups in total. The zero-order valence-corrected chi connectivity index (χ0v) is 11.2. The second-order valence-electron chi connectivity index (χ2n) is 4.66. The molecule has 0 unspecified atom stereocenters. The summed E-state index contributed by atoms with van der Waals surface area (Å²) in [7, 11) is 0. The number of aryl methyl sites for hydroxylation is 1. The molecule has 6 nitrogen and oxygen atoms in total. The van der Waals surface area contributed by atoms with Crippen LogP contribution in [0.15, 0.2) is 39.9 Å². The van der Waals surface area contributed by atoms with E-state index in [0.29, 0.717) is 17.6 Å². The maximum Gasteiger partial charge on any atom is 0.417 e. The number of hydrogen-bond donors (Lipinski definition) is 2. The van der Waals surface area contributed by atoms with Crippen molar-refractivity contribution in [3.05, 3.63) is 47.0 Å². The van der Waals surface area contributed by atoms with Gasteiger partial charge in [0.25, 0.3) is 0 Å². The second kappa shape index (κ2) is 5.24. The van der Waals surface area contributed by atoms with E-state index in [1.165, 1.54) is 0 Å². The van der Waals surface area contributed by atoms with Crippen LogP contribution in [0.3, 0.4) is 0 Å². The quantitative estimate of drug-likeness (QED) is 0.747. The van der Waals surface area contributed by atoms with Crippen molar-refractivity contribution in [1.82, 2.24) is 14.5 Å². The summed E-state index contributed by atoms with van der Waals surface area (Å²) in [5, 5.41) is 3.32. The number of rotatable bonds is 5. The summed E-state index contributed by atoms with van der Waals surface area (Å²) >= 11 is 0. The van der Waals surface area contributed by atoms with Crippen LogP contribution in [0.25, 0.3) is 11.1 Å². The fourth-order valence-electron chi connectivity index (χ4n) is 2.19. The van der Waals surface area contributed by atoms with Gasteiger partial charge in [0, 0.05) is 18.4 Å². The van der Waals surface area contributed by atoms with E-state index in [4.69, 9.17) is 4.42 Å². The van der Waals surface area contributed by atoms with E-state index in [-0.39, 0.29) is 0 Å². The molecule has 0 bridgehead atoms. The van der Waals surface area contributed by atoms with Crippen LogP contribution >= 0.6 is 0 Å². The number of nitrogens with one attached hydrogen (secondary N) is 2. The van der Waals surface area contributed by atoms with Crippen molar-refractivity contribution < 1.29 is 4.42 Å². The van der Waals surface area contributed by atoms with E-state index >= 15 is 0 Å². The SMILES string of the molecule is CCCn1cncc1CNc1ccc2oc(=O)[nH]c2c1. The van der Waals surface area contributed by atoms with Gasteiger partial charge in [0.05, 0.1) is 24.1 Å². The monoisotopic (exact) mass is 272 g/mol. The Bertz CT molecular complexity index is 769. The number of H-pyrrole nitrogens is 1. The molecule has 0 aliphatic heterocycles. The van der Waals surface area contributed by atoms with E-state index < -0.39 is 5.76 Å². The highest BCUT2D eigenvalue weighted by atomic mass is 16.4. The number of nitrogens with zero attached hydrogens (tertiary/aromatic N) is 2. The zero-order chi connectivity index (χ0) is 13.9. The van der Waals surface area contributed by atoms with E-state index in [9.17, 15) is 4.79 Å². The lowest BCUT2D eigenvalue weighted by atomic mass is 10.3. The van der Waals surface area contributed by atoms with Crippen molar-refractivity contribution in [2.45, 2.75) is 26.4 Å². The minimum atomic E-state index is -0.432. The maximum atomic E-state index is 11.1. The smallest absolute Gasteiger partial charge is 0.408 e. The minimum Gasteiger partial charge on any atom is -0.408 e. The van der Waals surface area contributed by atoms with Crippen LogP contribution in [-0.2, 0) is 13.1 Å². The first-order valence-corrected chi connectivity index (χ1v) is 6.62. The van der Waals surface area contributed by atoms with Crippen LogP contribution < -0.4 is 11.1 Å². The Labute approximate surface area is 115 Å². The summed E-state index contributed by atoms with van der Waals surface area (Å²) in [4.78, 5) is 17.9. The topological polar surface area (TPSA) is 75.8 Å². The molecule has 0 saturated carbocycles. The van der Waals surface area contributed by atoms with Gasteiger partial charge >= 0.3 is 5.76 Å². The Balaban J connectivity index is 1.75. The van der Waals surface area contributed by atoms with Crippen LogP contribution in [0.2, 0.25) is 0 Å². The van der Waals surface area contributed by atoms with Gasteiger partial charge in [-0.3, -0.25) is 4.98 Å². The molecule has 0 fully saturated rings. The second-order valence-corrected chi connectivity index (χ2v) is 4.66. The molecule has 3 aromatic rings. The molecular weight excluding hydrogens is 256 g/mol. The van der Waals surface area contributed by atoms with Gasteiger partial charge in [-0.15, -0.1) is 0 Å². The Hall–Kier alpha value is -2.50. The van der Waals surface area contributed by atoms with Gasteiger partial charge in [-0.25, -0.2) is 9.78 Å². The Morgan fingerprint density at radius 2 is 2.35 bits per heavy atom. The molecule has 2 heterocycles. The molecule has 3 rings (SSSR count). The number of hydrogen-bond acceptors (Lipinski definition) is 4. The van der Waals surface area contributed by atoms with Gasteiger partial charge < -0.3 is 14.3 Å². The van der Waals surface area contributed by atoms with Crippen molar-refractivity contribution in [3.63, 3.8) is 0 Å². The summed E-state index contributed by atoms with van der Waals surface area (Å²) in [5.41, 5.74) is 3.32. The van der Waals surface area contributed by atoms with Gasteiger partial charge in [-0.2, -0.15) is 0 Å². The lowest BCUT2D eigenvalue weighted by molar-refractivity contribution is 0.555. The molecule has 104 valence electrons. The lowest BCUT2D eigenvalue weighted by Crippen LogP contribution is -2.06. The molecule has 0 aliphatic rings. The number of anilines is 1. The first kappa shape index (κ1) is 12.5. The highest BCUT2D eigenvalue weighted by Crippen LogP contribution is 2.16. The molecule has 6 heteroatoms. The molecule has 0 atom stereocenters. The molecule has 1 aromatic carbocycles. The van der Waals surface area contributed by atoms with Crippen molar-refractivity contribution >= 4 is 16.8 Å². The molecular formula is C14H16N4O2. The number of aromatic nitrogens is 3. The fourth-order valence-corrected chi connectivity index (χ4v) is 2.19. The van der Waals surface area contributed by atoms with Crippen LogP contribution in [0.5, 0.6) is 0 Å². The summed E-state index contributed by atoms with van der Waals surface area (Å²) in [5.74, 6) is -0.432. The molecule has 20 heavy (non-hydrogen) atoms. The molecule has 0 aliphatic carbocycles. The first-order valence-electron chi connectivity index (χ1n) is 6.62. The van der Waals surface area contributed by atoms with Crippen molar-refractivity contribution in [2.75, 3.05) is 5.32 Å². The predicted octanol–water partition coefficient (Wildman–Crippen LogP) is 2.34. The molecule has 0 radical (unpaired) electrons. The Kier molecular flexibility index (Phi) is 3.28. The molecule has 0 amide bonds. The van der Waals surface area contributed by atoms with E-state index in [1.54, 1.807) is 6.07 Å². The third kappa shape index (κ3) is 2.45. The average Bonchev–Trinajstić information content (AvgIpc) is 3.01.